The number of carbonyl (C=O) groups is 1. The predicted molar refractivity (Wildman–Crippen MR) is 71.9 cm³/mol. The maximum atomic E-state index is 11.9. The summed E-state index contributed by atoms with van der Waals surface area (Å²) in [4.78, 5) is 14.4. The largest absolute Gasteiger partial charge is 0.477 e. The number of aromatic nitrogens is 1. The number of carboxylic acids is 1. The van der Waals surface area contributed by atoms with E-state index in [0.29, 0.717) is 3.79 Å². The molecule has 0 aliphatic heterocycles. The van der Waals surface area contributed by atoms with Crippen molar-refractivity contribution in [3.05, 3.63) is 26.3 Å². The van der Waals surface area contributed by atoms with E-state index in [4.69, 9.17) is 5.11 Å². The van der Waals surface area contributed by atoms with E-state index >= 15 is 0 Å². The Labute approximate surface area is 118 Å². The van der Waals surface area contributed by atoms with Crippen LogP contribution in [0, 0.1) is 0 Å². The SMILES string of the molecule is O=C(O)c1cc(S(=O)(=O)Nc2ncc(Br)s2)cs1. The normalized spacial score (nSPS) is 11.4. The summed E-state index contributed by atoms with van der Waals surface area (Å²) < 4.78 is 26.8. The van der Waals surface area contributed by atoms with Crippen LogP contribution in [0.1, 0.15) is 9.67 Å². The molecule has 0 aliphatic rings. The van der Waals surface area contributed by atoms with Gasteiger partial charge < -0.3 is 5.11 Å². The van der Waals surface area contributed by atoms with Crippen molar-refractivity contribution in [3.63, 3.8) is 0 Å². The number of thiophene rings is 1. The molecule has 2 heterocycles. The summed E-state index contributed by atoms with van der Waals surface area (Å²) in [5.74, 6) is -1.15. The number of nitrogens with one attached hydrogen (secondary N) is 1. The molecule has 0 fully saturated rings. The lowest BCUT2D eigenvalue weighted by molar-refractivity contribution is 0.0702. The van der Waals surface area contributed by atoms with Crippen molar-refractivity contribution in [2.24, 2.45) is 0 Å². The second-order valence-electron chi connectivity index (χ2n) is 3.03. The molecule has 18 heavy (non-hydrogen) atoms. The molecule has 0 spiro atoms. The van der Waals surface area contributed by atoms with Crippen LogP contribution in [0.2, 0.25) is 0 Å². The molecule has 2 aromatic rings. The Balaban J connectivity index is 2.27. The molecule has 0 aliphatic carbocycles. The Morgan fingerprint density at radius 1 is 1.50 bits per heavy atom. The summed E-state index contributed by atoms with van der Waals surface area (Å²) >= 11 is 5.14. The monoisotopic (exact) mass is 368 g/mol. The van der Waals surface area contributed by atoms with E-state index in [-0.39, 0.29) is 14.9 Å². The van der Waals surface area contributed by atoms with Crippen LogP contribution in [0.3, 0.4) is 0 Å². The average molecular weight is 369 g/mol. The maximum absolute atomic E-state index is 11.9. The third-order valence-corrected chi connectivity index (χ3v) is 5.70. The molecule has 0 saturated heterocycles. The quantitative estimate of drug-likeness (QED) is 0.863. The molecule has 96 valence electrons. The van der Waals surface area contributed by atoms with Gasteiger partial charge in [0.2, 0.25) is 0 Å². The van der Waals surface area contributed by atoms with E-state index in [2.05, 4.69) is 25.6 Å². The zero-order chi connectivity index (χ0) is 13.3. The molecule has 2 rings (SSSR count). The number of sulfonamides is 1. The lowest BCUT2D eigenvalue weighted by atomic mass is 10.5. The van der Waals surface area contributed by atoms with E-state index in [1.807, 2.05) is 0 Å². The minimum atomic E-state index is -3.79. The fraction of sp³-hybridized carbons (Fsp3) is 0. The van der Waals surface area contributed by atoms with Crippen LogP contribution in [0.15, 0.2) is 26.3 Å². The van der Waals surface area contributed by atoms with Gasteiger partial charge in [0.1, 0.15) is 4.88 Å². The number of hydrogen-bond donors (Lipinski definition) is 2. The van der Waals surface area contributed by atoms with Crippen molar-refractivity contribution in [2.75, 3.05) is 4.72 Å². The van der Waals surface area contributed by atoms with Crippen LogP contribution in [0.5, 0.6) is 0 Å². The summed E-state index contributed by atoms with van der Waals surface area (Å²) in [6.45, 7) is 0. The molecule has 0 radical (unpaired) electrons. The van der Waals surface area contributed by atoms with Crippen molar-refractivity contribution >= 4 is 59.7 Å². The van der Waals surface area contributed by atoms with Crippen LogP contribution in [0.25, 0.3) is 0 Å². The Bertz CT molecular complexity index is 691. The molecule has 0 amide bonds. The topological polar surface area (TPSA) is 96.4 Å². The first-order chi connectivity index (χ1) is 8.38. The van der Waals surface area contributed by atoms with Crippen molar-refractivity contribution in [2.45, 2.75) is 4.90 Å². The van der Waals surface area contributed by atoms with Crippen LogP contribution < -0.4 is 4.72 Å². The number of thiazole rings is 1. The predicted octanol–water partition coefficient (Wildman–Crippen LogP) is 2.47. The van der Waals surface area contributed by atoms with Crippen molar-refractivity contribution in [1.29, 1.82) is 0 Å². The maximum Gasteiger partial charge on any atom is 0.345 e. The first-order valence-corrected chi connectivity index (χ1v) is 8.32. The van der Waals surface area contributed by atoms with Gasteiger partial charge in [-0.2, -0.15) is 0 Å². The summed E-state index contributed by atoms with van der Waals surface area (Å²) in [6.07, 6.45) is 1.47. The van der Waals surface area contributed by atoms with Gasteiger partial charge in [0.15, 0.2) is 5.13 Å². The van der Waals surface area contributed by atoms with Crippen molar-refractivity contribution in [3.8, 4) is 0 Å². The van der Waals surface area contributed by atoms with Crippen LogP contribution >= 0.6 is 38.6 Å². The van der Waals surface area contributed by atoms with Gasteiger partial charge in [-0.1, -0.05) is 11.3 Å². The van der Waals surface area contributed by atoms with Crippen LogP contribution in [-0.4, -0.2) is 24.5 Å². The first kappa shape index (κ1) is 13.5. The van der Waals surface area contributed by atoms with E-state index in [1.165, 1.54) is 11.6 Å². The number of nitrogens with zero attached hydrogens (tertiary/aromatic N) is 1. The zero-order valence-electron chi connectivity index (χ0n) is 8.45. The van der Waals surface area contributed by atoms with Crippen LogP contribution in [-0.2, 0) is 10.0 Å². The molecule has 6 nitrogen and oxygen atoms in total. The molecule has 2 N–H and O–H groups in total. The van der Waals surface area contributed by atoms with Crippen LogP contribution in [0.4, 0.5) is 5.13 Å². The van der Waals surface area contributed by atoms with Crippen molar-refractivity contribution < 1.29 is 18.3 Å². The molecule has 0 aromatic carbocycles. The lowest BCUT2D eigenvalue weighted by Gasteiger charge is -2.01. The van der Waals surface area contributed by atoms with Gasteiger partial charge in [0.25, 0.3) is 10.0 Å². The zero-order valence-corrected chi connectivity index (χ0v) is 12.5. The van der Waals surface area contributed by atoms with Gasteiger partial charge >= 0.3 is 5.97 Å². The van der Waals surface area contributed by atoms with Gasteiger partial charge in [-0.25, -0.2) is 18.2 Å². The molecule has 10 heteroatoms. The van der Waals surface area contributed by atoms with Gasteiger partial charge in [0.05, 0.1) is 14.9 Å². The number of aromatic carboxylic acids is 1. The molecule has 0 bridgehead atoms. The Kier molecular flexibility index (Phi) is 3.71. The standard InChI is InChI=1S/C8H5BrN2O4S3/c9-6-2-10-8(17-6)11-18(14,15)4-1-5(7(12)13)16-3-4/h1-3H,(H,10,11)(H,12,13). The summed E-state index contributed by atoms with van der Waals surface area (Å²) in [5.41, 5.74) is 0. The third-order valence-electron chi connectivity index (χ3n) is 1.80. The number of rotatable bonds is 4. The second kappa shape index (κ2) is 4.96. The minimum Gasteiger partial charge on any atom is -0.477 e. The summed E-state index contributed by atoms with van der Waals surface area (Å²) in [7, 11) is -3.79. The smallest absolute Gasteiger partial charge is 0.345 e. The van der Waals surface area contributed by atoms with Gasteiger partial charge in [-0.05, 0) is 22.0 Å². The second-order valence-corrected chi connectivity index (χ2v) is 8.03. The van der Waals surface area contributed by atoms with E-state index < -0.39 is 16.0 Å². The highest BCUT2D eigenvalue weighted by Gasteiger charge is 2.19. The summed E-state index contributed by atoms with van der Waals surface area (Å²) in [5, 5.41) is 10.2. The van der Waals surface area contributed by atoms with Crippen molar-refractivity contribution in [1.82, 2.24) is 4.98 Å². The molecule has 2 aromatic heterocycles. The first-order valence-electron chi connectivity index (χ1n) is 4.34. The minimum absolute atomic E-state index is 0.0318. The molecule has 0 saturated carbocycles. The Morgan fingerprint density at radius 3 is 2.72 bits per heavy atom. The number of anilines is 1. The molecule has 0 atom stereocenters. The molecular weight excluding hydrogens is 364 g/mol. The molecular formula is C8H5BrN2O4S3. The number of halogens is 1. The van der Waals surface area contributed by atoms with E-state index in [0.717, 1.165) is 28.7 Å². The molecule has 0 unspecified atom stereocenters. The van der Waals surface area contributed by atoms with Gasteiger partial charge in [0, 0.05) is 5.38 Å². The highest BCUT2D eigenvalue weighted by atomic mass is 79.9. The third kappa shape index (κ3) is 2.88. The number of carboxylic acid groups (broad SMARTS) is 1. The Morgan fingerprint density at radius 2 is 2.22 bits per heavy atom. The Hall–Kier alpha value is -0.970. The summed E-state index contributed by atoms with van der Waals surface area (Å²) in [6, 6.07) is 1.11. The lowest BCUT2D eigenvalue weighted by Crippen LogP contribution is -2.11. The van der Waals surface area contributed by atoms with Gasteiger partial charge in [-0.3, -0.25) is 4.72 Å². The average Bonchev–Trinajstić information content (AvgIpc) is 2.86. The fourth-order valence-electron chi connectivity index (χ4n) is 1.05. The van der Waals surface area contributed by atoms with E-state index in [1.54, 1.807) is 0 Å². The van der Waals surface area contributed by atoms with E-state index in [9.17, 15) is 13.2 Å². The van der Waals surface area contributed by atoms with Gasteiger partial charge in [-0.15, -0.1) is 11.3 Å². The fourth-order valence-corrected chi connectivity index (χ4v) is 4.51. The highest BCUT2D eigenvalue weighted by molar-refractivity contribution is 9.11. The highest BCUT2D eigenvalue weighted by Crippen LogP contribution is 2.27. The number of hydrogen-bond acceptors (Lipinski definition) is 6.